The smallest absolute Gasteiger partial charge is 0.280 e. The summed E-state index contributed by atoms with van der Waals surface area (Å²) in [6, 6.07) is 1.83. The number of aliphatic hydroxyl groups excluding tert-OH is 1. The van der Waals surface area contributed by atoms with Gasteiger partial charge in [0.25, 0.3) is 6.41 Å². The van der Waals surface area contributed by atoms with Crippen LogP contribution in [0.25, 0.3) is 0 Å². The van der Waals surface area contributed by atoms with Crippen LogP contribution in [0.3, 0.4) is 0 Å². The third-order valence-corrected chi connectivity index (χ3v) is 1.59. The average Bonchev–Trinajstić information content (AvgIpc) is 2.31. The van der Waals surface area contributed by atoms with Crippen molar-refractivity contribution >= 4 is 5.82 Å². The lowest BCUT2D eigenvalue weighted by Gasteiger charge is -2.00. The first kappa shape index (κ1) is 6.42. The quantitative estimate of drug-likeness (QED) is 0.567. The van der Waals surface area contributed by atoms with Crippen LogP contribution in [0.2, 0.25) is 0 Å². The van der Waals surface area contributed by atoms with Gasteiger partial charge in [0, 0.05) is 6.20 Å². The fraction of sp³-hybridized carbons (Fsp3) is 0.286. The SMILES string of the molecule is Cc1ccnc2c1OC(O)N2. The molecule has 4 heteroatoms. The monoisotopic (exact) mass is 152 g/mol. The fourth-order valence-corrected chi connectivity index (χ4v) is 1.05. The van der Waals surface area contributed by atoms with Crippen LogP contribution in [-0.4, -0.2) is 16.5 Å². The zero-order valence-electron chi connectivity index (χ0n) is 6.03. The maximum atomic E-state index is 9.00. The minimum atomic E-state index is -0.946. The molecule has 0 spiro atoms. The van der Waals surface area contributed by atoms with E-state index in [4.69, 9.17) is 9.84 Å². The van der Waals surface area contributed by atoms with E-state index in [0.29, 0.717) is 11.6 Å². The average molecular weight is 152 g/mol. The van der Waals surface area contributed by atoms with Gasteiger partial charge >= 0.3 is 0 Å². The molecule has 1 atom stereocenters. The van der Waals surface area contributed by atoms with Crippen molar-refractivity contribution in [2.45, 2.75) is 13.3 Å². The minimum Gasteiger partial charge on any atom is -0.443 e. The lowest BCUT2D eigenvalue weighted by Crippen LogP contribution is -2.18. The van der Waals surface area contributed by atoms with Crippen LogP contribution < -0.4 is 10.1 Å². The molecule has 0 fully saturated rings. The van der Waals surface area contributed by atoms with E-state index < -0.39 is 6.41 Å². The van der Waals surface area contributed by atoms with Crippen LogP contribution in [0.5, 0.6) is 5.75 Å². The molecule has 2 N–H and O–H groups in total. The number of nitrogens with one attached hydrogen (secondary N) is 1. The van der Waals surface area contributed by atoms with E-state index in [1.165, 1.54) is 0 Å². The number of aliphatic hydroxyl groups is 1. The van der Waals surface area contributed by atoms with Crippen LogP contribution >= 0.6 is 0 Å². The molecule has 0 aromatic carbocycles. The summed E-state index contributed by atoms with van der Waals surface area (Å²) in [5.41, 5.74) is 0.971. The molecule has 0 bridgehead atoms. The second kappa shape index (κ2) is 2.10. The summed E-state index contributed by atoms with van der Waals surface area (Å²) in [7, 11) is 0. The van der Waals surface area contributed by atoms with Gasteiger partial charge in [0.05, 0.1) is 0 Å². The summed E-state index contributed by atoms with van der Waals surface area (Å²) in [5.74, 6) is 1.25. The first-order valence-corrected chi connectivity index (χ1v) is 3.34. The van der Waals surface area contributed by atoms with Crippen molar-refractivity contribution in [1.82, 2.24) is 4.98 Å². The van der Waals surface area contributed by atoms with Crippen molar-refractivity contribution in [3.63, 3.8) is 0 Å². The molecule has 58 valence electrons. The van der Waals surface area contributed by atoms with Crippen LogP contribution in [0.15, 0.2) is 12.3 Å². The molecule has 0 saturated carbocycles. The molecule has 2 rings (SSSR count). The third kappa shape index (κ3) is 0.914. The van der Waals surface area contributed by atoms with Crippen LogP contribution in [0.1, 0.15) is 5.56 Å². The molecule has 0 amide bonds. The molecule has 1 aromatic rings. The van der Waals surface area contributed by atoms with E-state index in [2.05, 4.69) is 10.3 Å². The van der Waals surface area contributed by atoms with E-state index in [1.807, 2.05) is 13.0 Å². The maximum absolute atomic E-state index is 9.00. The number of rotatable bonds is 0. The highest BCUT2D eigenvalue weighted by molar-refractivity contribution is 5.56. The van der Waals surface area contributed by atoms with E-state index in [1.54, 1.807) is 6.20 Å². The first-order valence-electron chi connectivity index (χ1n) is 3.34. The second-order valence-electron chi connectivity index (χ2n) is 2.42. The Morgan fingerprint density at radius 2 is 2.55 bits per heavy atom. The van der Waals surface area contributed by atoms with Gasteiger partial charge in [-0.25, -0.2) is 4.98 Å². The van der Waals surface area contributed by atoms with Gasteiger partial charge in [-0.1, -0.05) is 0 Å². The fourth-order valence-electron chi connectivity index (χ4n) is 1.05. The van der Waals surface area contributed by atoms with Gasteiger partial charge in [-0.3, -0.25) is 0 Å². The van der Waals surface area contributed by atoms with Crippen molar-refractivity contribution in [3.05, 3.63) is 17.8 Å². The van der Waals surface area contributed by atoms with Crippen molar-refractivity contribution in [2.24, 2.45) is 0 Å². The van der Waals surface area contributed by atoms with Crippen LogP contribution in [0, 0.1) is 6.92 Å². The number of fused-ring (bicyclic) bond motifs is 1. The Bertz CT molecular complexity index is 288. The Balaban J connectivity index is 2.49. The van der Waals surface area contributed by atoms with E-state index in [9.17, 15) is 0 Å². The number of hydrogen-bond donors (Lipinski definition) is 2. The predicted octanol–water partition coefficient (Wildman–Crippen LogP) is 0.470. The lowest BCUT2D eigenvalue weighted by molar-refractivity contribution is 0.0207. The zero-order chi connectivity index (χ0) is 7.84. The summed E-state index contributed by atoms with van der Waals surface area (Å²) < 4.78 is 5.02. The lowest BCUT2D eigenvalue weighted by atomic mass is 10.3. The van der Waals surface area contributed by atoms with Crippen LogP contribution in [-0.2, 0) is 0 Å². The number of nitrogens with zero attached hydrogens (tertiary/aromatic N) is 1. The molecular formula is C7H8N2O2. The predicted molar refractivity (Wildman–Crippen MR) is 39.2 cm³/mol. The largest absolute Gasteiger partial charge is 0.443 e. The molecule has 2 heterocycles. The van der Waals surface area contributed by atoms with E-state index >= 15 is 0 Å². The van der Waals surface area contributed by atoms with Gasteiger partial charge in [0.2, 0.25) is 0 Å². The molecule has 1 aliphatic heterocycles. The zero-order valence-corrected chi connectivity index (χ0v) is 6.03. The summed E-state index contributed by atoms with van der Waals surface area (Å²) in [6.07, 6.45) is 0.723. The Hall–Kier alpha value is -1.29. The van der Waals surface area contributed by atoms with Gasteiger partial charge in [0.1, 0.15) is 0 Å². The molecule has 1 unspecified atom stereocenters. The number of hydrogen-bond acceptors (Lipinski definition) is 4. The molecular weight excluding hydrogens is 144 g/mol. The normalized spacial score (nSPS) is 20.4. The van der Waals surface area contributed by atoms with Crippen molar-refractivity contribution in [1.29, 1.82) is 0 Å². The summed E-state index contributed by atoms with van der Waals surface area (Å²) in [6.45, 7) is 1.90. The maximum Gasteiger partial charge on any atom is 0.280 e. The number of aryl methyl sites for hydroxylation is 1. The summed E-state index contributed by atoms with van der Waals surface area (Å²) in [4.78, 5) is 3.97. The highest BCUT2D eigenvalue weighted by atomic mass is 16.6. The molecule has 1 aliphatic rings. The number of ether oxygens (including phenoxy) is 1. The van der Waals surface area contributed by atoms with Crippen molar-refractivity contribution in [2.75, 3.05) is 5.32 Å². The molecule has 0 aliphatic carbocycles. The van der Waals surface area contributed by atoms with E-state index in [-0.39, 0.29) is 0 Å². The van der Waals surface area contributed by atoms with E-state index in [0.717, 1.165) is 5.56 Å². The second-order valence-corrected chi connectivity index (χ2v) is 2.42. The Kier molecular flexibility index (Phi) is 1.22. The molecule has 4 nitrogen and oxygen atoms in total. The van der Waals surface area contributed by atoms with Crippen LogP contribution in [0.4, 0.5) is 5.82 Å². The molecule has 11 heavy (non-hydrogen) atoms. The van der Waals surface area contributed by atoms with Gasteiger partial charge in [-0.05, 0) is 18.6 Å². The Morgan fingerprint density at radius 1 is 1.73 bits per heavy atom. The van der Waals surface area contributed by atoms with Gasteiger partial charge in [0.15, 0.2) is 11.6 Å². The molecule has 0 radical (unpaired) electrons. The minimum absolute atomic E-state index is 0.609. The third-order valence-electron chi connectivity index (χ3n) is 1.59. The first-order chi connectivity index (χ1) is 5.27. The van der Waals surface area contributed by atoms with Gasteiger partial charge in [-0.2, -0.15) is 0 Å². The highest BCUT2D eigenvalue weighted by Gasteiger charge is 2.21. The van der Waals surface area contributed by atoms with Gasteiger partial charge < -0.3 is 15.2 Å². The molecule has 1 aromatic heterocycles. The highest BCUT2D eigenvalue weighted by Crippen LogP contribution is 2.31. The number of pyridine rings is 1. The topological polar surface area (TPSA) is 54.4 Å². The summed E-state index contributed by atoms with van der Waals surface area (Å²) in [5, 5.41) is 11.7. The van der Waals surface area contributed by atoms with Crippen molar-refractivity contribution in [3.8, 4) is 5.75 Å². The molecule has 0 saturated heterocycles. The Labute approximate surface area is 63.8 Å². The number of anilines is 1. The Morgan fingerprint density at radius 3 is 3.27 bits per heavy atom. The standard InChI is InChI=1S/C7H8N2O2/c1-4-2-3-8-6-5(4)11-7(10)9-6/h2-3,7,10H,1H3,(H,8,9). The van der Waals surface area contributed by atoms with Crippen molar-refractivity contribution < 1.29 is 9.84 Å². The van der Waals surface area contributed by atoms with Gasteiger partial charge in [-0.15, -0.1) is 0 Å². The summed E-state index contributed by atoms with van der Waals surface area (Å²) >= 11 is 0. The number of aromatic nitrogens is 1.